The minimum atomic E-state index is -1.40. The summed E-state index contributed by atoms with van der Waals surface area (Å²) in [6, 6.07) is 4.65. The van der Waals surface area contributed by atoms with Gasteiger partial charge >= 0.3 is 17.9 Å². The lowest BCUT2D eigenvalue weighted by Gasteiger charge is -2.49. The Kier molecular flexibility index (Phi) is 10.7. The number of amides is 3. The van der Waals surface area contributed by atoms with Crippen LogP contribution >= 0.6 is 11.8 Å². The van der Waals surface area contributed by atoms with E-state index in [9.17, 15) is 43.8 Å². The van der Waals surface area contributed by atoms with Crippen molar-refractivity contribution in [3.05, 3.63) is 46.7 Å². The first-order chi connectivity index (χ1) is 20.1. The molecule has 1 saturated heterocycles. The van der Waals surface area contributed by atoms with Gasteiger partial charge in [0.1, 0.15) is 42.0 Å². The Balaban J connectivity index is 1.52. The lowest BCUT2D eigenvalue weighted by molar-refractivity contribution is -0.151. The van der Waals surface area contributed by atoms with Crippen molar-refractivity contribution in [3.8, 4) is 0 Å². The molecule has 1 aromatic rings. The van der Waals surface area contributed by atoms with Gasteiger partial charge in [0.05, 0.1) is 0 Å². The number of thioether (sulfide) groups is 1. The van der Waals surface area contributed by atoms with Gasteiger partial charge in [0.2, 0.25) is 5.91 Å². The summed E-state index contributed by atoms with van der Waals surface area (Å²) in [7, 11) is 0. The van der Waals surface area contributed by atoms with Crippen LogP contribution in [0.1, 0.15) is 69.3 Å². The van der Waals surface area contributed by atoms with Gasteiger partial charge in [-0.15, -0.1) is 11.8 Å². The third-order valence-corrected chi connectivity index (χ3v) is 8.22. The van der Waals surface area contributed by atoms with Crippen molar-refractivity contribution in [2.45, 2.75) is 76.3 Å². The largest absolute Gasteiger partial charge is 0.480 e. The molecule has 4 N–H and O–H groups in total. The first-order valence-electron chi connectivity index (χ1n) is 13.6. The summed E-state index contributed by atoms with van der Waals surface area (Å²) < 4.78 is 4.98. The molecule has 1 aromatic carbocycles. The van der Waals surface area contributed by atoms with E-state index >= 15 is 0 Å². The van der Waals surface area contributed by atoms with Gasteiger partial charge in [-0.1, -0.05) is 32.9 Å². The highest BCUT2D eigenvalue weighted by molar-refractivity contribution is 8.00. The molecule has 43 heavy (non-hydrogen) atoms. The monoisotopic (exact) mass is 617 g/mol. The molecule has 2 aliphatic rings. The molecule has 3 amide bonds. The number of carbonyl (C=O) groups is 7. The highest BCUT2D eigenvalue weighted by atomic mass is 32.2. The smallest absolute Gasteiger partial charge is 0.352 e. The Hall–Kier alpha value is -4.20. The zero-order valence-electron chi connectivity index (χ0n) is 24.3. The molecule has 1 unspecified atom stereocenters. The van der Waals surface area contributed by atoms with E-state index in [4.69, 9.17) is 4.74 Å². The van der Waals surface area contributed by atoms with Gasteiger partial charge in [0.15, 0.2) is 0 Å². The van der Waals surface area contributed by atoms with Crippen LogP contribution in [-0.2, 0) is 38.9 Å². The summed E-state index contributed by atoms with van der Waals surface area (Å²) in [4.78, 5) is 85.4. The van der Waals surface area contributed by atoms with Gasteiger partial charge in [0, 0.05) is 23.3 Å². The Bertz CT molecular complexity index is 1350. The predicted octanol–water partition coefficient (Wildman–Crippen LogP) is 1.60. The second-order valence-corrected chi connectivity index (χ2v) is 12.4. The number of rotatable bonds is 13. The summed E-state index contributed by atoms with van der Waals surface area (Å²) in [5.74, 6) is -5.47. The molecule has 13 nitrogen and oxygen atoms in total. The van der Waals surface area contributed by atoms with Gasteiger partial charge in [-0.05, 0) is 42.9 Å². The van der Waals surface area contributed by atoms with Crippen molar-refractivity contribution in [1.29, 1.82) is 0 Å². The molecule has 3 rings (SSSR count). The van der Waals surface area contributed by atoms with E-state index < -0.39 is 71.9 Å². The van der Waals surface area contributed by atoms with Crippen LogP contribution in [0, 0.1) is 0 Å². The molecule has 2 heterocycles. The van der Waals surface area contributed by atoms with Crippen molar-refractivity contribution in [2.75, 3.05) is 12.4 Å². The van der Waals surface area contributed by atoms with Gasteiger partial charge in [-0.25, -0.2) is 9.59 Å². The van der Waals surface area contributed by atoms with Gasteiger partial charge in [-0.3, -0.25) is 28.9 Å². The number of nitrogens with zero attached hydrogens (tertiary/aromatic N) is 1. The molecular weight excluding hydrogens is 582 g/mol. The van der Waals surface area contributed by atoms with E-state index in [0.29, 0.717) is 5.56 Å². The number of carboxylic acid groups (broad SMARTS) is 2. The van der Waals surface area contributed by atoms with Crippen LogP contribution in [0.3, 0.4) is 0 Å². The Morgan fingerprint density at radius 1 is 1.09 bits per heavy atom. The number of β-lactam (4-membered cyclic amide) rings is 1. The van der Waals surface area contributed by atoms with E-state index in [1.165, 1.54) is 18.7 Å². The zero-order valence-corrected chi connectivity index (χ0v) is 25.1. The normalized spacial score (nSPS) is 18.6. The number of Topliss-reactive ketones (excluding diaryl/α,β-unsaturated/α-hetero) is 1. The molecule has 2 aliphatic heterocycles. The van der Waals surface area contributed by atoms with Crippen molar-refractivity contribution in [2.24, 2.45) is 0 Å². The van der Waals surface area contributed by atoms with Gasteiger partial charge in [-0.2, -0.15) is 0 Å². The summed E-state index contributed by atoms with van der Waals surface area (Å²) >= 11 is 1.19. The SMILES string of the molecule is CC(=O)CC(=O)OCC1=C(C(=O)O)N2C(=O)[C@@H](NC(=O)CCCC(NC(=O)c3ccc(C(C)(C)C)cc3)C(=O)O)[C@@H]2SC1. The molecule has 0 aliphatic carbocycles. The number of carbonyl (C=O) groups excluding carboxylic acids is 5. The molecule has 14 heteroatoms. The van der Waals surface area contributed by atoms with Crippen LogP contribution in [0.25, 0.3) is 0 Å². The van der Waals surface area contributed by atoms with Crippen LogP contribution in [0.2, 0.25) is 0 Å². The average molecular weight is 618 g/mol. The number of carboxylic acids is 2. The van der Waals surface area contributed by atoms with Crippen molar-refractivity contribution in [1.82, 2.24) is 15.5 Å². The zero-order chi connectivity index (χ0) is 32.1. The molecule has 0 aromatic heterocycles. The standard InChI is InChI=1S/C29H35N3O10S/c1-15(33)12-21(35)42-13-17-14-43-26-22(25(37)32(26)23(17)28(40)41)31-20(34)7-5-6-19(27(38)39)30-24(36)16-8-10-18(11-9-16)29(2,3)4/h8-11,19,22,26H,5-7,12-14H2,1-4H3,(H,30,36)(H,31,34)(H,38,39)(H,40,41)/t19?,22-,26+/m1/s1. The third-order valence-electron chi connectivity index (χ3n) is 6.88. The van der Waals surface area contributed by atoms with Gasteiger partial charge in [0.25, 0.3) is 11.8 Å². The number of ether oxygens (including phenoxy) is 1. The highest BCUT2D eigenvalue weighted by Gasteiger charge is 2.54. The summed E-state index contributed by atoms with van der Waals surface area (Å²) in [5.41, 5.74) is 1.08. The van der Waals surface area contributed by atoms with E-state index in [0.717, 1.165) is 10.5 Å². The fourth-order valence-electron chi connectivity index (χ4n) is 4.55. The lowest BCUT2D eigenvalue weighted by atomic mass is 9.86. The van der Waals surface area contributed by atoms with E-state index in [1.54, 1.807) is 12.1 Å². The van der Waals surface area contributed by atoms with Crippen LogP contribution in [0.4, 0.5) is 0 Å². The minimum Gasteiger partial charge on any atom is -0.480 e. The molecular formula is C29H35N3O10S. The number of aliphatic carboxylic acids is 2. The molecule has 0 radical (unpaired) electrons. The molecule has 3 atom stereocenters. The number of nitrogens with one attached hydrogen (secondary N) is 2. The summed E-state index contributed by atoms with van der Waals surface area (Å²) in [6.45, 7) is 6.92. The summed E-state index contributed by atoms with van der Waals surface area (Å²) in [6.07, 6.45) is -0.507. The quantitative estimate of drug-likeness (QED) is 0.143. The highest BCUT2D eigenvalue weighted by Crippen LogP contribution is 2.40. The van der Waals surface area contributed by atoms with Crippen molar-refractivity contribution < 1.29 is 48.5 Å². The average Bonchev–Trinajstić information content (AvgIpc) is 2.92. The first-order valence-corrected chi connectivity index (χ1v) is 14.6. The molecule has 0 spiro atoms. The fraction of sp³-hybridized carbons (Fsp3) is 0.483. The Labute approximate surface area is 252 Å². The second kappa shape index (κ2) is 13.8. The molecule has 0 saturated carbocycles. The molecule has 1 fully saturated rings. The van der Waals surface area contributed by atoms with Crippen LogP contribution in [0.5, 0.6) is 0 Å². The summed E-state index contributed by atoms with van der Waals surface area (Å²) in [5, 5.41) is 23.6. The fourth-order valence-corrected chi connectivity index (χ4v) is 5.88. The van der Waals surface area contributed by atoms with E-state index in [-0.39, 0.29) is 41.7 Å². The van der Waals surface area contributed by atoms with E-state index in [1.807, 2.05) is 32.9 Å². The van der Waals surface area contributed by atoms with Crippen LogP contribution in [0.15, 0.2) is 35.5 Å². The van der Waals surface area contributed by atoms with E-state index in [2.05, 4.69) is 10.6 Å². The van der Waals surface area contributed by atoms with Crippen LogP contribution in [-0.4, -0.2) is 86.3 Å². The lowest BCUT2D eigenvalue weighted by Crippen LogP contribution is -2.70. The number of hydrogen-bond acceptors (Lipinski definition) is 9. The third kappa shape index (κ3) is 8.43. The first kappa shape index (κ1) is 33.3. The Morgan fingerprint density at radius 3 is 2.30 bits per heavy atom. The minimum absolute atomic E-state index is 0.0326. The number of hydrogen-bond donors (Lipinski definition) is 4. The number of fused-ring (bicyclic) bond motifs is 1. The number of benzene rings is 1. The maximum Gasteiger partial charge on any atom is 0.352 e. The maximum atomic E-state index is 12.8. The van der Waals surface area contributed by atoms with Crippen molar-refractivity contribution in [3.63, 3.8) is 0 Å². The Morgan fingerprint density at radius 2 is 1.74 bits per heavy atom. The molecule has 232 valence electrons. The predicted molar refractivity (Wildman–Crippen MR) is 154 cm³/mol. The van der Waals surface area contributed by atoms with Crippen molar-refractivity contribution >= 4 is 53.2 Å². The second-order valence-electron chi connectivity index (χ2n) is 11.3. The number of esters is 1. The van der Waals surface area contributed by atoms with Gasteiger partial charge < -0.3 is 25.6 Å². The topological polar surface area (TPSA) is 196 Å². The molecule has 0 bridgehead atoms. The maximum absolute atomic E-state index is 12.8. The van der Waals surface area contributed by atoms with Crippen LogP contribution < -0.4 is 10.6 Å². The number of ketones is 1.